The minimum Gasteiger partial charge on any atom is -0.313 e. The van der Waals surface area contributed by atoms with E-state index in [9.17, 15) is 0 Å². The predicted molar refractivity (Wildman–Crippen MR) is 112 cm³/mol. The van der Waals surface area contributed by atoms with Crippen molar-refractivity contribution in [2.24, 2.45) is 0 Å². The molecule has 0 amide bonds. The maximum atomic E-state index is 4.44. The Morgan fingerprint density at radius 2 is 1.73 bits per heavy atom. The van der Waals surface area contributed by atoms with Crippen molar-refractivity contribution in [3.8, 4) is 0 Å². The van der Waals surface area contributed by atoms with Crippen LogP contribution in [0.1, 0.15) is 36.5 Å². The fraction of sp³-hybridized carbons (Fsp3) is 0.280. The molecule has 4 rings (SSSR count). The molecule has 0 radical (unpaired) electrons. The van der Waals surface area contributed by atoms with Crippen molar-refractivity contribution in [3.63, 3.8) is 0 Å². The number of hydrogen-bond acceptors (Lipinski definition) is 1. The standard InChI is InChI=1S/C25H27N/c1-3-25(19(2)16-23-10-6-7-11-24(23)25)14-15-26-18-20-12-13-21-8-4-5-9-22(21)17-20/h4-13,17,26H,2-3,14-16,18H2,1H3. The van der Waals surface area contributed by atoms with Crippen LogP contribution in [-0.2, 0) is 18.4 Å². The van der Waals surface area contributed by atoms with E-state index in [1.54, 1.807) is 0 Å². The zero-order valence-corrected chi connectivity index (χ0v) is 15.6. The van der Waals surface area contributed by atoms with Crippen LogP contribution in [0.2, 0.25) is 0 Å². The molecule has 0 bridgehead atoms. The molecule has 1 heteroatoms. The highest BCUT2D eigenvalue weighted by Gasteiger charge is 2.39. The minimum atomic E-state index is 0.146. The summed E-state index contributed by atoms with van der Waals surface area (Å²) in [6.07, 6.45) is 3.28. The van der Waals surface area contributed by atoms with Crippen LogP contribution in [0.25, 0.3) is 10.8 Å². The van der Waals surface area contributed by atoms with Crippen molar-refractivity contribution >= 4 is 10.8 Å². The summed E-state index contributed by atoms with van der Waals surface area (Å²) in [5.41, 5.74) is 5.84. The first-order chi connectivity index (χ1) is 12.7. The third-order valence-corrected chi connectivity index (χ3v) is 6.09. The van der Waals surface area contributed by atoms with Crippen LogP contribution in [-0.4, -0.2) is 6.54 Å². The van der Waals surface area contributed by atoms with Gasteiger partial charge in [-0.2, -0.15) is 0 Å². The van der Waals surface area contributed by atoms with Gasteiger partial charge in [-0.1, -0.05) is 79.7 Å². The Kier molecular flexibility index (Phi) is 4.65. The molecule has 1 aliphatic carbocycles. The van der Waals surface area contributed by atoms with Crippen molar-refractivity contribution in [1.82, 2.24) is 5.32 Å². The number of allylic oxidation sites excluding steroid dienone is 1. The first kappa shape index (κ1) is 17.1. The molecule has 0 aromatic heterocycles. The summed E-state index contributed by atoms with van der Waals surface area (Å²) in [7, 11) is 0. The molecule has 0 aliphatic heterocycles. The average Bonchev–Trinajstić information content (AvgIpc) is 2.97. The largest absolute Gasteiger partial charge is 0.313 e. The van der Waals surface area contributed by atoms with E-state index in [4.69, 9.17) is 0 Å². The summed E-state index contributed by atoms with van der Waals surface area (Å²) in [5, 5.41) is 6.28. The lowest BCUT2D eigenvalue weighted by molar-refractivity contribution is 0.440. The predicted octanol–water partition coefficient (Wildman–Crippen LogP) is 5.78. The van der Waals surface area contributed by atoms with Gasteiger partial charge in [0.2, 0.25) is 0 Å². The molecule has 26 heavy (non-hydrogen) atoms. The second-order valence-electron chi connectivity index (χ2n) is 7.48. The number of nitrogens with one attached hydrogen (secondary N) is 1. The maximum Gasteiger partial charge on any atom is 0.0205 e. The first-order valence-corrected chi connectivity index (χ1v) is 9.68. The summed E-state index contributed by atoms with van der Waals surface area (Å²) >= 11 is 0. The van der Waals surface area contributed by atoms with Gasteiger partial charge in [0.25, 0.3) is 0 Å². The lowest BCUT2D eigenvalue weighted by Gasteiger charge is -2.31. The number of hydrogen-bond donors (Lipinski definition) is 1. The van der Waals surface area contributed by atoms with Crippen LogP contribution in [0.15, 0.2) is 78.9 Å². The second-order valence-corrected chi connectivity index (χ2v) is 7.48. The van der Waals surface area contributed by atoms with Gasteiger partial charge in [-0.25, -0.2) is 0 Å². The normalized spacial score (nSPS) is 19.0. The Balaban J connectivity index is 1.42. The molecule has 0 spiro atoms. The molecule has 1 atom stereocenters. The van der Waals surface area contributed by atoms with Gasteiger partial charge >= 0.3 is 0 Å². The van der Waals surface area contributed by atoms with Gasteiger partial charge in [-0.3, -0.25) is 0 Å². The van der Waals surface area contributed by atoms with Gasteiger partial charge in [0, 0.05) is 12.0 Å². The fourth-order valence-electron chi connectivity index (χ4n) is 4.54. The number of rotatable bonds is 6. The monoisotopic (exact) mass is 341 g/mol. The highest BCUT2D eigenvalue weighted by molar-refractivity contribution is 5.82. The van der Waals surface area contributed by atoms with Crippen molar-refractivity contribution in [2.45, 2.75) is 38.1 Å². The molecular weight excluding hydrogens is 314 g/mol. The first-order valence-electron chi connectivity index (χ1n) is 9.68. The molecule has 1 nitrogen and oxygen atoms in total. The van der Waals surface area contributed by atoms with E-state index in [1.807, 2.05) is 0 Å². The zero-order valence-electron chi connectivity index (χ0n) is 15.6. The Labute approximate surface area is 156 Å². The van der Waals surface area contributed by atoms with E-state index in [-0.39, 0.29) is 5.41 Å². The highest BCUT2D eigenvalue weighted by atomic mass is 14.8. The summed E-state index contributed by atoms with van der Waals surface area (Å²) in [4.78, 5) is 0. The minimum absolute atomic E-state index is 0.146. The summed E-state index contributed by atoms with van der Waals surface area (Å²) in [6, 6.07) is 24.2. The zero-order chi connectivity index (χ0) is 18.0. The van der Waals surface area contributed by atoms with Crippen molar-refractivity contribution in [3.05, 3.63) is 95.6 Å². The SMILES string of the molecule is C=C1Cc2ccccc2C1(CC)CCNCc1ccc2ccccc2c1. The van der Waals surface area contributed by atoms with Gasteiger partial charge < -0.3 is 5.32 Å². The molecule has 0 fully saturated rings. The lowest BCUT2D eigenvalue weighted by atomic mass is 9.74. The van der Waals surface area contributed by atoms with Crippen LogP contribution in [0.5, 0.6) is 0 Å². The quantitative estimate of drug-likeness (QED) is 0.443. The Hall–Kier alpha value is -2.38. The summed E-state index contributed by atoms with van der Waals surface area (Å²) in [6.45, 7) is 8.66. The van der Waals surface area contributed by atoms with Crippen LogP contribution in [0.3, 0.4) is 0 Å². The molecule has 3 aromatic carbocycles. The van der Waals surface area contributed by atoms with Crippen molar-refractivity contribution in [1.29, 1.82) is 0 Å². The Morgan fingerprint density at radius 1 is 0.962 bits per heavy atom. The van der Waals surface area contributed by atoms with E-state index in [1.165, 1.54) is 33.0 Å². The van der Waals surface area contributed by atoms with E-state index in [0.29, 0.717) is 0 Å². The highest BCUT2D eigenvalue weighted by Crippen LogP contribution is 2.46. The fourth-order valence-corrected chi connectivity index (χ4v) is 4.54. The molecular formula is C25H27N. The van der Waals surface area contributed by atoms with Crippen LogP contribution >= 0.6 is 0 Å². The molecule has 1 unspecified atom stereocenters. The molecule has 0 heterocycles. The second kappa shape index (κ2) is 7.09. The van der Waals surface area contributed by atoms with E-state index < -0.39 is 0 Å². The van der Waals surface area contributed by atoms with Crippen molar-refractivity contribution in [2.75, 3.05) is 6.54 Å². The third kappa shape index (κ3) is 2.97. The Bertz CT molecular complexity index is 940. The smallest absolute Gasteiger partial charge is 0.0205 e. The molecule has 1 aliphatic rings. The summed E-state index contributed by atoms with van der Waals surface area (Å²) < 4.78 is 0. The lowest BCUT2D eigenvalue weighted by Crippen LogP contribution is -2.29. The van der Waals surface area contributed by atoms with Crippen LogP contribution < -0.4 is 5.32 Å². The third-order valence-electron chi connectivity index (χ3n) is 6.09. The average molecular weight is 341 g/mol. The van der Waals surface area contributed by atoms with E-state index in [2.05, 4.69) is 85.5 Å². The van der Waals surface area contributed by atoms with Crippen LogP contribution in [0.4, 0.5) is 0 Å². The summed E-state index contributed by atoms with van der Waals surface area (Å²) in [5.74, 6) is 0. The molecule has 1 N–H and O–H groups in total. The van der Waals surface area contributed by atoms with Gasteiger partial charge in [-0.15, -0.1) is 0 Å². The number of benzene rings is 3. The van der Waals surface area contributed by atoms with Gasteiger partial charge in [-0.05, 0) is 59.3 Å². The molecule has 3 aromatic rings. The molecule has 0 saturated carbocycles. The molecule has 132 valence electrons. The Morgan fingerprint density at radius 3 is 2.58 bits per heavy atom. The van der Waals surface area contributed by atoms with Gasteiger partial charge in [0.05, 0.1) is 0 Å². The van der Waals surface area contributed by atoms with E-state index in [0.717, 1.165) is 32.4 Å². The van der Waals surface area contributed by atoms with Crippen molar-refractivity contribution < 1.29 is 0 Å². The molecule has 0 saturated heterocycles. The number of fused-ring (bicyclic) bond motifs is 2. The van der Waals surface area contributed by atoms with Gasteiger partial charge in [0.1, 0.15) is 0 Å². The topological polar surface area (TPSA) is 12.0 Å². The maximum absolute atomic E-state index is 4.44. The van der Waals surface area contributed by atoms with Gasteiger partial charge in [0.15, 0.2) is 0 Å². The van der Waals surface area contributed by atoms with Crippen LogP contribution in [0, 0.1) is 0 Å². The van der Waals surface area contributed by atoms with E-state index >= 15 is 0 Å².